The number of aliphatic hydroxyl groups is 1. The second-order valence-corrected chi connectivity index (χ2v) is 4.39. The van der Waals surface area contributed by atoms with Crippen LogP contribution in [0.25, 0.3) is 0 Å². The van der Waals surface area contributed by atoms with E-state index in [4.69, 9.17) is 4.74 Å². The summed E-state index contributed by atoms with van der Waals surface area (Å²) in [6.45, 7) is 2.08. The largest absolute Gasteiger partial charge is 0.466 e. The van der Waals surface area contributed by atoms with Crippen LogP contribution in [0.4, 0.5) is 0 Å². The zero-order valence-electron chi connectivity index (χ0n) is 10.3. The molecule has 17 heavy (non-hydrogen) atoms. The van der Waals surface area contributed by atoms with Crippen LogP contribution in [0, 0.1) is 0 Å². The van der Waals surface area contributed by atoms with Gasteiger partial charge in [-0.1, -0.05) is 0 Å². The summed E-state index contributed by atoms with van der Waals surface area (Å²) in [5, 5.41) is 12.3. The van der Waals surface area contributed by atoms with Crippen molar-refractivity contribution in [3.05, 3.63) is 0 Å². The van der Waals surface area contributed by atoms with Crippen LogP contribution in [0.3, 0.4) is 0 Å². The summed E-state index contributed by atoms with van der Waals surface area (Å²) < 4.78 is 4.74. The maximum absolute atomic E-state index is 11.5. The van der Waals surface area contributed by atoms with Crippen molar-refractivity contribution < 1.29 is 19.4 Å². The van der Waals surface area contributed by atoms with Gasteiger partial charge in [-0.05, 0) is 32.6 Å². The van der Waals surface area contributed by atoms with Gasteiger partial charge in [0.1, 0.15) is 0 Å². The number of ether oxygens (including phenoxy) is 1. The van der Waals surface area contributed by atoms with Crippen LogP contribution in [-0.2, 0) is 14.3 Å². The van der Waals surface area contributed by atoms with Crippen molar-refractivity contribution in [2.45, 2.75) is 57.6 Å². The van der Waals surface area contributed by atoms with Gasteiger partial charge in [-0.3, -0.25) is 9.59 Å². The molecule has 0 aromatic carbocycles. The van der Waals surface area contributed by atoms with E-state index in [-0.39, 0.29) is 36.9 Å². The van der Waals surface area contributed by atoms with E-state index in [9.17, 15) is 14.7 Å². The number of hydrogen-bond acceptors (Lipinski definition) is 4. The molecule has 2 N–H and O–H groups in total. The highest BCUT2D eigenvalue weighted by molar-refractivity contribution is 5.81. The van der Waals surface area contributed by atoms with Crippen molar-refractivity contribution in [1.29, 1.82) is 0 Å². The first-order chi connectivity index (χ1) is 8.11. The molecule has 0 aliphatic heterocycles. The lowest BCUT2D eigenvalue weighted by Crippen LogP contribution is -2.39. The lowest BCUT2D eigenvalue weighted by atomic mass is 9.93. The van der Waals surface area contributed by atoms with Gasteiger partial charge in [0.15, 0.2) is 0 Å². The van der Waals surface area contributed by atoms with Crippen LogP contribution in [0.2, 0.25) is 0 Å². The first-order valence-electron chi connectivity index (χ1n) is 6.25. The normalized spacial score (nSPS) is 24.1. The second-order valence-electron chi connectivity index (χ2n) is 4.39. The van der Waals surface area contributed by atoms with E-state index < -0.39 is 0 Å². The molecule has 0 spiro atoms. The number of carbonyl (C=O) groups is 2. The summed E-state index contributed by atoms with van der Waals surface area (Å²) in [4.78, 5) is 22.6. The van der Waals surface area contributed by atoms with E-state index >= 15 is 0 Å². The topological polar surface area (TPSA) is 75.6 Å². The minimum absolute atomic E-state index is 0.0495. The lowest BCUT2D eigenvalue weighted by molar-refractivity contribution is -0.144. The minimum atomic E-state index is -0.341. The van der Waals surface area contributed by atoms with Gasteiger partial charge in [0.2, 0.25) is 5.91 Å². The Hall–Kier alpha value is -1.10. The average molecular weight is 243 g/mol. The Kier molecular flexibility index (Phi) is 5.97. The fourth-order valence-electron chi connectivity index (χ4n) is 2.04. The Bertz CT molecular complexity index is 267. The monoisotopic (exact) mass is 243 g/mol. The van der Waals surface area contributed by atoms with Gasteiger partial charge in [0, 0.05) is 12.5 Å². The van der Waals surface area contributed by atoms with Gasteiger partial charge >= 0.3 is 5.97 Å². The third-order valence-corrected chi connectivity index (χ3v) is 2.87. The summed E-state index contributed by atoms with van der Waals surface area (Å²) >= 11 is 0. The molecule has 0 aromatic heterocycles. The molecule has 1 rings (SSSR count). The molecule has 5 heteroatoms. The smallest absolute Gasteiger partial charge is 0.306 e. The predicted molar refractivity (Wildman–Crippen MR) is 62.3 cm³/mol. The third-order valence-electron chi connectivity index (χ3n) is 2.87. The molecule has 1 aliphatic carbocycles. The number of aliphatic hydroxyl groups excluding tert-OH is 1. The number of amides is 1. The van der Waals surface area contributed by atoms with Gasteiger partial charge in [0.05, 0.1) is 19.1 Å². The van der Waals surface area contributed by atoms with Crippen molar-refractivity contribution in [1.82, 2.24) is 5.32 Å². The Labute approximate surface area is 102 Å². The number of esters is 1. The van der Waals surface area contributed by atoms with E-state index in [1.54, 1.807) is 6.92 Å². The van der Waals surface area contributed by atoms with Crippen LogP contribution in [0.5, 0.6) is 0 Å². The molecular weight excluding hydrogens is 222 g/mol. The molecule has 5 nitrogen and oxygen atoms in total. The number of carbonyl (C=O) groups excluding carboxylic acids is 2. The molecular formula is C12H21NO4. The van der Waals surface area contributed by atoms with E-state index in [1.165, 1.54) is 0 Å². The van der Waals surface area contributed by atoms with E-state index in [1.807, 2.05) is 0 Å². The Morgan fingerprint density at radius 2 is 2.12 bits per heavy atom. The molecule has 0 bridgehead atoms. The van der Waals surface area contributed by atoms with Crippen LogP contribution in [0.15, 0.2) is 0 Å². The van der Waals surface area contributed by atoms with Crippen molar-refractivity contribution in [3.63, 3.8) is 0 Å². The molecule has 1 saturated carbocycles. The minimum Gasteiger partial charge on any atom is -0.466 e. The maximum Gasteiger partial charge on any atom is 0.306 e. The SMILES string of the molecule is CCOC(=O)CCC(=O)NC1CCCC(O)C1. The van der Waals surface area contributed by atoms with Gasteiger partial charge in [0.25, 0.3) is 0 Å². The third kappa shape index (κ3) is 5.68. The first-order valence-corrected chi connectivity index (χ1v) is 6.25. The highest BCUT2D eigenvalue weighted by Gasteiger charge is 2.21. The average Bonchev–Trinajstić information content (AvgIpc) is 2.27. The molecule has 0 radical (unpaired) electrons. The Morgan fingerprint density at radius 1 is 1.35 bits per heavy atom. The summed E-state index contributed by atoms with van der Waals surface area (Å²) in [6, 6.07) is 0.0495. The van der Waals surface area contributed by atoms with E-state index in [0.29, 0.717) is 13.0 Å². The van der Waals surface area contributed by atoms with Crippen LogP contribution in [0.1, 0.15) is 45.4 Å². The summed E-state index contributed by atoms with van der Waals surface area (Å²) in [6.07, 6.45) is 3.24. The van der Waals surface area contributed by atoms with Crippen molar-refractivity contribution in [2.75, 3.05) is 6.61 Å². The summed E-state index contributed by atoms with van der Waals surface area (Å²) in [7, 11) is 0. The molecule has 2 unspecified atom stereocenters. The molecule has 0 saturated heterocycles. The first kappa shape index (κ1) is 14.0. The predicted octanol–water partition coefficient (Wildman–Crippen LogP) is 0.749. The molecule has 0 aromatic rings. The van der Waals surface area contributed by atoms with Crippen LogP contribution in [-0.4, -0.2) is 35.7 Å². The molecule has 1 aliphatic rings. The standard InChI is InChI=1S/C12H21NO4/c1-2-17-12(16)7-6-11(15)13-9-4-3-5-10(14)8-9/h9-10,14H,2-8H2,1H3,(H,13,15). The fourth-order valence-corrected chi connectivity index (χ4v) is 2.04. The van der Waals surface area contributed by atoms with Gasteiger partial charge < -0.3 is 15.2 Å². The Morgan fingerprint density at radius 3 is 2.76 bits per heavy atom. The van der Waals surface area contributed by atoms with Crippen molar-refractivity contribution in [3.8, 4) is 0 Å². The zero-order valence-corrected chi connectivity index (χ0v) is 10.3. The Balaban J connectivity index is 2.18. The zero-order chi connectivity index (χ0) is 12.7. The highest BCUT2D eigenvalue weighted by atomic mass is 16.5. The molecule has 0 heterocycles. The van der Waals surface area contributed by atoms with Crippen LogP contribution >= 0.6 is 0 Å². The molecule has 1 fully saturated rings. The summed E-state index contributed by atoms with van der Waals surface area (Å²) in [5.41, 5.74) is 0. The van der Waals surface area contributed by atoms with Crippen molar-refractivity contribution in [2.24, 2.45) is 0 Å². The van der Waals surface area contributed by atoms with Gasteiger partial charge in [-0.2, -0.15) is 0 Å². The number of rotatable bonds is 5. The number of hydrogen-bond donors (Lipinski definition) is 2. The van der Waals surface area contributed by atoms with Crippen molar-refractivity contribution >= 4 is 11.9 Å². The van der Waals surface area contributed by atoms with Gasteiger partial charge in [-0.25, -0.2) is 0 Å². The summed E-state index contributed by atoms with van der Waals surface area (Å²) in [5.74, 6) is -0.483. The highest BCUT2D eigenvalue weighted by Crippen LogP contribution is 2.18. The molecule has 1 amide bonds. The van der Waals surface area contributed by atoms with Crippen LogP contribution < -0.4 is 5.32 Å². The quantitative estimate of drug-likeness (QED) is 0.699. The second kappa shape index (κ2) is 7.27. The van der Waals surface area contributed by atoms with Gasteiger partial charge in [-0.15, -0.1) is 0 Å². The fraction of sp³-hybridized carbons (Fsp3) is 0.833. The molecule has 2 atom stereocenters. The van der Waals surface area contributed by atoms with E-state index in [2.05, 4.69) is 5.32 Å². The van der Waals surface area contributed by atoms with E-state index in [0.717, 1.165) is 19.3 Å². The maximum atomic E-state index is 11.5. The molecule has 98 valence electrons. The number of nitrogens with one attached hydrogen (secondary N) is 1. The lowest BCUT2D eigenvalue weighted by Gasteiger charge is -2.26.